The summed E-state index contributed by atoms with van der Waals surface area (Å²) in [5, 5.41) is 8.48. The highest BCUT2D eigenvalue weighted by Crippen LogP contribution is 2.54. The van der Waals surface area contributed by atoms with Crippen molar-refractivity contribution in [3.8, 4) is 40.2 Å². The van der Waals surface area contributed by atoms with Crippen LogP contribution >= 0.6 is 7.07 Å². The zero-order chi connectivity index (χ0) is 46.2. The number of ether oxygens (including phenoxy) is 2. The third-order valence-corrected chi connectivity index (χ3v) is 14.4. The minimum Gasteiger partial charge on any atom is -0.492 e. The Morgan fingerprint density at radius 2 is 1.38 bits per heavy atom. The van der Waals surface area contributed by atoms with Gasteiger partial charge in [-0.15, -0.1) is 0 Å². The Bertz CT molecular complexity index is 2500. The van der Waals surface area contributed by atoms with E-state index >= 15 is 0 Å². The first-order valence-electron chi connectivity index (χ1n) is 23.3. The molecule has 2 atom stereocenters. The number of aryl methyl sites for hydroxylation is 1. The molecule has 0 aliphatic heterocycles. The Labute approximate surface area is 393 Å². The van der Waals surface area contributed by atoms with Gasteiger partial charge in [-0.1, -0.05) is 101 Å². The molecular weight excluding hydrogens is 844 g/mol. The molecule has 0 N–H and O–H groups in total. The molecule has 0 heterocycles. The molecule has 6 rings (SSSR count). The number of anilines is 1. The van der Waals surface area contributed by atoms with Crippen molar-refractivity contribution in [3.05, 3.63) is 153 Å². The predicted octanol–water partition coefficient (Wildman–Crippen LogP) is 14.4. The number of unbranched alkanes of at least 4 members (excludes halogenated alkanes) is 2. The SMILES string of the molecule is CCCCC1(CCCC)c2cc(C)ccc2-c2ccc(C#Cc3ccc(N(CC)CCOc4ccc(O[PH](=S)N(C)/N=C/c5ccc(OC(CC)(CCC)N=[N+]=[N-])cc5)cc4)cc3)cc21. The maximum Gasteiger partial charge on any atom is 0.207 e. The molecule has 0 bridgehead atoms. The van der Waals surface area contributed by atoms with E-state index < -0.39 is 12.8 Å². The van der Waals surface area contributed by atoms with E-state index in [1.807, 2.05) is 69.4 Å². The van der Waals surface area contributed by atoms with E-state index in [9.17, 15) is 0 Å². The fraction of sp³-hybridized carbons (Fsp3) is 0.389. The number of hydrogen-bond donors (Lipinski definition) is 0. The Balaban J connectivity index is 0.999. The van der Waals surface area contributed by atoms with Gasteiger partial charge in [-0.25, -0.2) is 4.78 Å². The lowest BCUT2D eigenvalue weighted by atomic mass is 9.70. The van der Waals surface area contributed by atoms with Gasteiger partial charge in [0.25, 0.3) is 0 Å². The molecule has 0 saturated carbocycles. The lowest BCUT2D eigenvalue weighted by molar-refractivity contribution is 0.0615. The molecule has 11 heteroatoms. The summed E-state index contributed by atoms with van der Waals surface area (Å²) < 4.78 is 20.0. The van der Waals surface area contributed by atoms with Crippen molar-refractivity contribution < 1.29 is 14.0 Å². The van der Waals surface area contributed by atoms with E-state index in [-0.39, 0.29) is 5.41 Å². The lowest BCUT2D eigenvalue weighted by Gasteiger charge is -2.33. The summed E-state index contributed by atoms with van der Waals surface area (Å²) in [6.45, 7) is 15.1. The van der Waals surface area contributed by atoms with Gasteiger partial charge in [0.2, 0.25) is 7.07 Å². The topological polar surface area (TPSA) is 95.3 Å². The number of fused-ring (bicyclic) bond motifs is 3. The first-order valence-corrected chi connectivity index (χ1v) is 25.8. The van der Waals surface area contributed by atoms with Crippen LogP contribution in [-0.4, -0.2) is 43.5 Å². The molecule has 5 aromatic rings. The number of hydrogen-bond acceptors (Lipinski definition) is 7. The summed E-state index contributed by atoms with van der Waals surface area (Å²) in [6, 6.07) is 37.6. The molecule has 65 heavy (non-hydrogen) atoms. The zero-order valence-electron chi connectivity index (χ0n) is 39.3. The molecule has 1 aliphatic carbocycles. The first kappa shape index (κ1) is 48.7. The fourth-order valence-electron chi connectivity index (χ4n) is 8.68. The second-order valence-corrected chi connectivity index (χ2v) is 19.3. The summed E-state index contributed by atoms with van der Waals surface area (Å²) in [5.41, 5.74) is 19.4. The average Bonchev–Trinajstić information content (AvgIpc) is 3.58. The molecule has 0 aromatic heterocycles. The molecule has 0 amide bonds. The molecular formula is C54H65N6O3PS. The van der Waals surface area contributed by atoms with Crippen LogP contribution in [0.3, 0.4) is 0 Å². The minimum absolute atomic E-state index is 0.0555. The van der Waals surface area contributed by atoms with Gasteiger partial charge in [0.15, 0.2) is 5.72 Å². The number of nitrogens with zero attached hydrogens (tertiary/aromatic N) is 6. The van der Waals surface area contributed by atoms with E-state index in [1.165, 1.54) is 66.3 Å². The molecule has 0 saturated heterocycles. The summed E-state index contributed by atoms with van der Waals surface area (Å²) in [5.74, 6) is 9.05. The van der Waals surface area contributed by atoms with Crippen molar-refractivity contribution in [2.45, 2.75) is 110 Å². The van der Waals surface area contributed by atoms with E-state index in [4.69, 9.17) is 31.3 Å². The van der Waals surface area contributed by atoms with Gasteiger partial charge < -0.3 is 18.9 Å². The Morgan fingerprint density at radius 1 is 0.769 bits per heavy atom. The third-order valence-electron chi connectivity index (χ3n) is 12.3. The number of rotatable bonds is 23. The smallest absolute Gasteiger partial charge is 0.207 e. The van der Waals surface area contributed by atoms with Crippen molar-refractivity contribution in [1.82, 2.24) is 4.78 Å². The molecule has 1 aliphatic rings. The highest BCUT2D eigenvalue weighted by atomic mass is 32.4. The summed E-state index contributed by atoms with van der Waals surface area (Å²) in [7, 11) is -0.0492. The Hall–Kier alpha value is -5.71. The van der Waals surface area contributed by atoms with Crippen LogP contribution in [0, 0.1) is 18.8 Å². The van der Waals surface area contributed by atoms with E-state index in [0.717, 1.165) is 47.6 Å². The van der Waals surface area contributed by atoms with Crippen molar-refractivity contribution in [1.29, 1.82) is 0 Å². The lowest BCUT2D eigenvalue weighted by Crippen LogP contribution is -2.32. The predicted molar refractivity (Wildman–Crippen MR) is 275 cm³/mol. The number of likely N-dealkylation sites (N-methyl/N-ethyl adjacent to an activating group) is 1. The summed E-state index contributed by atoms with van der Waals surface area (Å²) in [4.78, 5) is 5.32. The minimum atomic E-state index is -1.86. The normalized spacial score (nSPS) is 13.6. The monoisotopic (exact) mass is 908 g/mol. The van der Waals surface area contributed by atoms with Crippen LogP contribution in [0.2, 0.25) is 0 Å². The molecule has 9 nitrogen and oxygen atoms in total. The Kier molecular flexibility index (Phi) is 17.6. The van der Waals surface area contributed by atoms with Crippen LogP contribution in [0.25, 0.3) is 21.6 Å². The second-order valence-electron chi connectivity index (χ2n) is 16.8. The van der Waals surface area contributed by atoms with Crippen molar-refractivity contribution in [3.63, 3.8) is 0 Å². The van der Waals surface area contributed by atoms with Crippen molar-refractivity contribution in [2.75, 3.05) is 31.6 Å². The van der Waals surface area contributed by atoms with Gasteiger partial charge in [0, 0.05) is 40.7 Å². The quantitative estimate of drug-likeness (QED) is 0.0123. The summed E-state index contributed by atoms with van der Waals surface area (Å²) >= 11 is 5.69. The second kappa shape index (κ2) is 23.5. The number of hydrazone groups is 1. The Morgan fingerprint density at radius 3 is 2.02 bits per heavy atom. The average molecular weight is 909 g/mol. The fourth-order valence-corrected chi connectivity index (χ4v) is 9.73. The van der Waals surface area contributed by atoms with Crippen molar-refractivity contribution >= 4 is 30.8 Å². The van der Waals surface area contributed by atoms with E-state index in [1.54, 1.807) is 11.0 Å². The maximum absolute atomic E-state index is 9.07. The number of benzene rings is 5. The first-order chi connectivity index (χ1) is 31.6. The zero-order valence-corrected chi connectivity index (χ0v) is 41.1. The number of azide groups is 1. The maximum atomic E-state index is 9.07. The molecule has 2 unspecified atom stereocenters. The van der Waals surface area contributed by atoms with Crippen LogP contribution in [0.1, 0.15) is 126 Å². The summed E-state index contributed by atoms with van der Waals surface area (Å²) in [6.07, 6.45) is 11.0. The molecule has 0 radical (unpaired) electrons. The van der Waals surface area contributed by atoms with E-state index in [2.05, 4.69) is 120 Å². The molecule has 0 fully saturated rings. The largest absolute Gasteiger partial charge is 0.492 e. The van der Waals surface area contributed by atoms with Crippen LogP contribution in [0.15, 0.2) is 119 Å². The van der Waals surface area contributed by atoms with Crippen LogP contribution in [0.5, 0.6) is 17.2 Å². The molecule has 340 valence electrons. The van der Waals surface area contributed by atoms with Crippen LogP contribution in [0.4, 0.5) is 5.69 Å². The van der Waals surface area contributed by atoms with Gasteiger partial charge in [-0.05, 0) is 175 Å². The van der Waals surface area contributed by atoms with Crippen molar-refractivity contribution in [2.24, 2.45) is 10.2 Å². The van der Waals surface area contributed by atoms with Crippen LogP contribution in [-0.2, 0) is 17.2 Å². The van der Waals surface area contributed by atoms with Gasteiger partial charge in [0.05, 0.1) is 12.8 Å². The van der Waals surface area contributed by atoms with Gasteiger partial charge in [-0.2, -0.15) is 5.10 Å². The van der Waals surface area contributed by atoms with E-state index in [0.29, 0.717) is 30.9 Å². The highest BCUT2D eigenvalue weighted by Gasteiger charge is 2.42. The molecule has 5 aromatic carbocycles. The standard InChI is InChI=1S/C54H65N6O3PS/c1-8-13-34-53(35-14-9-2)51-38-41(6)15-31-49(51)50-32-22-43(39-52(50)53)17-16-42-18-23-45(24-19-42)60(12-5)36-37-61-46-27-29-48(30-28-46)63-64(65)59(7)56-40-44-20-25-47(26-21-44)62-54(11-4,33-10-3)57-58-55/h15,18-32,38-40,64H,8-14,33-37H2,1-7H3/b56-40+. The van der Waals surface area contributed by atoms with Gasteiger partial charge in [-0.3, -0.25) is 0 Å². The molecule has 0 spiro atoms. The van der Waals surface area contributed by atoms with Gasteiger partial charge >= 0.3 is 0 Å². The van der Waals surface area contributed by atoms with Crippen LogP contribution < -0.4 is 18.9 Å². The highest BCUT2D eigenvalue weighted by molar-refractivity contribution is 8.02. The third kappa shape index (κ3) is 12.4. The van der Waals surface area contributed by atoms with Gasteiger partial charge in [0.1, 0.15) is 23.9 Å².